The minimum atomic E-state index is -0.906. The van der Waals surface area contributed by atoms with E-state index in [4.69, 9.17) is 0 Å². The molecule has 0 amide bonds. The van der Waals surface area contributed by atoms with Gasteiger partial charge in [-0.3, -0.25) is 4.98 Å². The Kier molecular flexibility index (Phi) is 4.07. The van der Waals surface area contributed by atoms with E-state index < -0.39 is 5.60 Å². The monoisotopic (exact) mass is 319 g/mol. The first-order chi connectivity index (χ1) is 8.88. The maximum absolute atomic E-state index is 10.8. The smallest absolute Gasteiger partial charge is 0.0926 e. The van der Waals surface area contributed by atoms with Crippen LogP contribution in [0.4, 0.5) is 0 Å². The number of nitrogens with zero attached hydrogens (tertiary/aromatic N) is 1. The Bertz CT molecular complexity index is 576. The highest BCUT2D eigenvalue weighted by Crippen LogP contribution is 2.28. The summed E-state index contributed by atoms with van der Waals surface area (Å²) >= 11 is 3.37. The van der Waals surface area contributed by atoms with E-state index in [1.54, 1.807) is 6.20 Å². The quantitative estimate of drug-likeness (QED) is 0.930. The summed E-state index contributed by atoms with van der Waals surface area (Å²) in [4.78, 5) is 4.33. The summed E-state index contributed by atoms with van der Waals surface area (Å²) in [6.45, 7) is 5.91. The second-order valence-electron chi connectivity index (χ2n) is 5.24. The van der Waals surface area contributed by atoms with Crippen LogP contribution in [-0.4, -0.2) is 10.1 Å². The highest BCUT2D eigenvalue weighted by atomic mass is 79.9. The van der Waals surface area contributed by atoms with Gasteiger partial charge < -0.3 is 5.11 Å². The Morgan fingerprint density at radius 1 is 1.21 bits per heavy atom. The first-order valence-electron chi connectivity index (χ1n) is 6.29. The summed E-state index contributed by atoms with van der Waals surface area (Å²) < 4.78 is 0.947. The van der Waals surface area contributed by atoms with Gasteiger partial charge in [-0.2, -0.15) is 0 Å². The lowest BCUT2D eigenvalue weighted by Crippen LogP contribution is -2.26. The number of aromatic nitrogens is 1. The number of benzene rings is 1. The van der Waals surface area contributed by atoms with Gasteiger partial charge >= 0.3 is 0 Å². The maximum atomic E-state index is 10.8. The molecule has 0 fully saturated rings. The molecular weight excluding hydrogens is 302 g/mol. The van der Waals surface area contributed by atoms with Gasteiger partial charge in [0.05, 0.1) is 5.60 Å². The van der Waals surface area contributed by atoms with E-state index in [-0.39, 0.29) is 0 Å². The van der Waals surface area contributed by atoms with Crippen molar-refractivity contribution >= 4 is 15.9 Å². The van der Waals surface area contributed by atoms with Crippen molar-refractivity contribution in [1.82, 2.24) is 4.98 Å². The summed E-state index contributed by atoms with van der Waals surface area (Å²) in [5.74, 6) is 0. The lowest BCUT2D eigenvalue weighted by atomic mass is 9.87. The molecule has 2 rings (SSSR count). The van der Waals surface area contributed by atoms with Gasteiger partial charge in [0, 0.05) is 22.8 Å². The molecule has 0 spiro atoms. The molecule has 0 aliphatic rings. The zero-order valence-corrected chi connectivity index (χ0v) is 13.0. The fraction of sp³-hybridized carbons (Fsp3) is 0.312. The van der Waals surface area contributed by atoms with Gasteiger partial charge in [-0.25, -0.2) is 0 Å². The van der Waals surface area contributed by atoms with Crippen molar-refractivity contribution in [3.05, 3.63) is 63.4 Å². The molecule has 1 aromatic carbocycles. The van der Waals surface area contributed by atoms with E-state index >= 15 is 0 Å². The molecule has 0 saturated carbocycles. The molecule has 1 aromatic heterocycles. The largest absolute Gasteiger partial charge is 0.385 e. The van der Waals surface area contributed by atoms with Crippen LogP contribution in [0.15, 0.2) is 41.0 Å². The van der Waals surface area contributed by atoms with Gasteiger partial charge in [-0.1, -0.05) is 23.8 Å². The highest BCUT2D eigenvalue weighted by Gasteiger charge is 2.26. The fourth-order valence-corrected chi connectivity index (χ4v) is 2.51. The third-order valence-electron chi connectivity index (χ3n) is 3.29. The van der Waals surface area contributed by atoms with E-state index in [0.717, 1.165) is 26.9 Å². The minimum Gasteiger partial charge on any atom is -0.385 e. The number of hydrogen-bond acceptors (Lipinski definition) is 2. The van der Waals surface area contributed by atoms with Crippen molar-refractivity contribution in [2.75, 3.05) is 0 Å². The van der Waals surface area contributed by atoms with E-state index in [1.165, 1.54) is 0 Å². The predicted octanol–water partition coefficient (Wildman–Crippen LogP) is 3.91. The Balaban J connectivity index is 2.31. The van der Waals surface area contributed by atoms with Crippen molar-refractivity contribution in [3.8, 4) is 0 Å². The molecule has 1 N–H and O–H groups in total. The van der Waals surface area contributed by atoms with Crippen LogP contribution in [-0.2, 0) is 12.0 Å². The Morgan fingerprint density at radius 3 is 2.58 bits per heavy atom. The molecule has 1 heterocycles. The molecule has 2 aromatic rings. The average Bonchev–Trinajstić information content (AvgIpc) is 2.35. The predicted molar refractivity (Wildman–Crippen MR) is 81.1 cm³/mol. The highest BCUT2D eigenvalue weighted by molar-refractivity contribution is 9.10. The molecule has 1 unspecified atom stereocenters. The van der Waals surface area contributed by atoms with Gasteiger partial charge in [-0.15, -0.1) is 0 Å². The normalized spacial score (nSPS) is 14.2. The van der Waals surface area contributed by atoms with E-state index in [9.17, 15) is 5.11 Å². The molecule has 1 atom stereocenters. The SMILES string of the molecule is Cc1ccc(C)c(C(C)(O)Cc2ccc(Br)cn2)c1. The van der Waals surface area contributed by atoms with Crippen molar-refractivity contribution in [3.63, 3.8) is 0 Å². The Labute approximate surface area is 122 Å². The minimum absolute atomic E-state index is 0.505. The van der Waals surface area contributed by atoms with Crippen molar-refractivity contribution in [1.29, 1.82) is 0 Å². The Morgan fingerprint density at radius 2 is 1.95 bits per heavy atom. The third kappa shape index (κ3) is 3.43. The van der Waals surface area contributed by atoms with Crippen LogP contribution in [0.25, 0.3) is 0 Å². The van der Waals surface area contributed by atoms with Crippen molar-refractivity contribution in [2.45, 2.75) is 32.8 Å². The number of hydrogen-bond donors (Lipinski definition) is 1. The van der Waals surface area contributed by atoms with E-state index in [2.05, 4.69) is 27.0 Å². The van der Waals surface area contributed by atoms with Crippen LogP contribution in [0.3, 0.4) is 0 Å². The second kappa shape index (κ2) is 5.43. The molecule has 19 heavy (non-hydrogen) atoms. The molecular formula is C16H18BrNO. The molecule has 2 nitrogen and oxygen atoms in total. The van der Waals surface area contributed by atoms with Crippen LogP contribution in [0.5, 0.6) is 0 Å². The molecule has 0 bridgehead atoms. The maximum Gasteiger partial charge on any atom is 0.0926 e. The summed E-state index contributed by atoms with van der Waals surface area (Å²) in [6, 6.07) is 10.0. The number of aryl methyl sites for hydroxylation is 2. The van der Waals surface area contributed by atoms with Crippen molar-refractivity contribution in [2.24, 2.45) is 0 Å². The average molecular weight is 320 g/mol. The molecule has 0 radical (unpaired) electrons. The first kappa shape index (κ1) is 14.2. The van der Waals surface area contributed by atoms with Crippen LogP contribution in [0, 0.1) is 13.8 Å². The van der Waals surface area contributed by atoms with E-state index in [0.29, 0.717) is 6.42 Å². The van der Waals surface area contributed by atoms with Crippen molar-refractivity contribution < 1.29 is 5.11 Å². The third-order valence-corrected chi connectivity index (χ3v) is 3.76. The number of halogens is 1. The van der Waals surface area contributed by atoms with E-state index in [1.807, 2.05) is 45.0 Å². The first-order valence-corrected chi connectivity index (χ1v) is 7.08. The van der Waals surface area contributed by atoms with Gasteiger partial charge in [0.1, 0.15) is 0 Å². The fourth-order valence-electron chi connectivity index (χ4n) is 2.28. The zero-order valence-electron chi connectivity index (χ0n) is 11.4. The zero-order chi connectivity index (χ0) is 14.0. The summed E-state index contributed by atoms with van der Waals surface area (Å²) in [6.07, 6.45) is 2.26. The summed E-state index contributed by atoms with van der Waals surface area (Å²) in [7, 11) is 0. The van der Waals surface area contributed by atoms with Gasteiger partial charge in [0.15, 0.2) is 0 Å². The van der Waals surface area contributed by atoms with Gasteiger partial charge in [-0.05, 0) is 60.0 Å². The summed E-state index contributed by atoms with van der Waals surface area (Å²) in [5, 5.41) is 10.8. The lowest BCUT2D eigenvalue weighted by Gasteiger charge is -2.26. The topological polar surface area (TPSA) is 33.1 Å². The van der Waals surface area contributed by atoms with Crippen LogP contribution in [0.2, 0.25) is 0 Å². The van der Waals surface area contributed by atoms with Crippen LogP contribution >= 0.6 is 15.9 Å². The Hall–Kier alpha value is -1.19. The molecule has 3 heteroatoms. The standard InChI is InChI=1S/C16H18BrNO/c1-11-4-5-12(2)15(8-11)16(3,19)9-14-7-6-13(17)10-18-14/h4-8,10,19H,9H2,1-3H3. The van der Waals surface area contributed by atoms with Crippen LogP contribution < -0.4 is 0 Å². The molecule has 100 valence electrons. The molecule has 0 saturated heterocycles. The second-order valence-corrected chi connectivity index (χ2v) is 6.15. The van der Waals surface area contributed by atoms with Gasteiger partial charge in [0.25, 0.3) is 0 Å². The molecule has 0 aliphatic carbocycles. The summed E-state index contributed by atoms with van der Waals surface area (Å²) in [5.41, 5.74) is 3.21. The molecule has 0 aliphatic heterocycles. The van der Waals surface area contributed by atoms with Crippen LogP contribution in [0.1, 0.15) is 29.3 Å². The number of rotatable bonds is 3. The number of pyridine rings is 1. The lowest BCUT2D eigenvalue weighted by molar-refractivity contribution is 0.0559. The van der Waals surface area contributed by atoms with Gasteiger partial charge in [0.2, 0.25) is 0 Å². The number of aliphatic hydroxyl groups is 1.